The lowest BCUT2D eigenvalue weighted by Crippen LogP contribution is -2.18. The summed E-state index contributed by atoms with van der Waals surface area (Å²) in [4.78, 5) is 5.01. The Morgan fingerprint density at radius 1 is 0.952 bits per heavy atom. The van der Waals surface area contributed by atoms with Crippen molar-refractivity contribution >= 4 is 21.6 Å². The zero-order valence-electron chi connectivity index (χ0n) is 15.0. The molecule has 0 radical (unpaired) electrons. The number of hydrogen-bond donors (Lipinski definition) is 0. The van der Waals surface area contributed by atoms with Crippen molar-refractivity contribution in [1.29, 1.82) is 0 Å². The molecule has 0 aromatic carbocycles. The Morgan fingerprint density at radius 2 is 1.48 bits per heavy atom. The molecule has 0 aliphatic heterocycles. The standard InChI is InChI=1S/C16H24N2S.C2H6/c1-9(2)13-12(16(5,6)7)11-8-17-19-15(11)14(18-13)10(3)4;1-2/h8-10H,1-7H3;1-2H3. The summed E-state index contributed by atoms with van der Waals surface area (Å²) in [5, 5.41) is 1.31. The van der Waals surface area contributed by atoms with Gasteiger partial charge in [-0.05, 0) is 34.3 Å². The van der Waals surface area contributed by atoms with Crippen LogP contribution in [0.1, 0.15) is 91.1 Å². The zero-order chi connectivity index (χ0) is 16.4. The van der Waals surface area contributed by atoms with Crippen molar-refractivity contribution in [3.8, 4) is 0 Å². The van der Waals surface area contributed by atoms with Crippen molar-refractivity contribution in [2.45, 2.75) is 79.6 Å². The molecule has 0 saturated heterocycles. The lowest BCUT2D eigenvalue weighted by Gasteiger charge is -2.26. The average molecular weight is 307 g/mol. The molecule has 3 heteroatoms. The fourth-order valence-electron chi connectivity index (χ4n) is 2.57. The van der Waals surface area contributed by atoms with Gasteiger partial charge >= 0.3 is 0 Å². The molecule has 118 valence electrons. The normalized spacial score (nSPS) is 12.0. The molecule has 0 N–H and O–H groups in total. The molecule has 2 rings (SSSR count). The van der Waals surface area contributed by atoms with Gasteiger partial charge < -0.3 is 0 Å². The van der Waals surface area contributed by atoms with Crippen LogP contribution in [0.3, 0.4) is 0 Å². The molecule has 0 aliphatic carbocycles. The van der Waals surface area contributed by atoms with Gasteiger partial charge in [-0.1, -0.05) is 62.3 Å². The molecule has 2 aromatic heterocycles. The Labute approximate surface area is 134 Å². The van der Waals surface area contributed by atoms with Crippen molar-refractivity contribution in [3.05, 3.63) is 23.1 Å². The Balaban J connectivity index is 0.00000106. The summed E-state index contributed by atoms with van der Waals surface area (Å²) in [5.41, 5.74) is 3.91. The van der Waals surface area contributed by atoms with Crippen LogP contribution in [0.5, 0.6) is 0 Å². The number of aromatic nitrogens is 2. The maximum absolute atomic E-state index is 5.01. The number of pyridine rings is 1. The van der Waals surface area contributed by atoms with Gasteiger partial charge in [-0.3, -0.25) is 4.98 Å². The highest BCUT2D eigenvalue weighted by Crippen LogP contribution is 2.39. The van der Waals surface area contributed by atoms with E-state index in [1.54, 1.807) is 11.5 Å². The van der Waals surface area contributed by atoms with Crippen LogP contribution in [0, 0.1) is 0 Å². The summed E-state index contributed by atoms with van der Waals surface area (Å²) in [6.45, 7) is 19.7. The summed E-state index contributed by atoms with van der Waals surface area (Å²) in [6.07, 6.45) is 2.03. The smallest absolute Gasteiger partial charge is 0.0771 e. The minimum atomic E-state index is 0.100. The van der Waals surface area contributed by atoms with Crippen LogP contribution in [-0.2, 0) is 5.41 Å². The van der Waals surface area contributed by atoms with E-state index in [1.165, 1.54) is 27.0 Å². The minimum Gasteiger partial charge on any atom is -0.255 e. The summed E-state index contributed by atoms with van der Waals surface area (Å²) >= 11 is 1.58. The molecule has 2 nitrogen and oxygen atoms in total. The maximum atomic E-state index is 5.01. The molecule has 2 aromatic rings. The van der Waals surface area contributed by atoms with Crippen LogP contribution in [0.4, 0.5) is 0 Å². The van der Waals surface area contributed by atoms with E-state index in [0.717, 1.165) is 0 Å². The van der Waals surface area contributed by atoms with Gasteiger partial charge in [0.25, 0.3) is 0 Å². The highest BCUT2D eigenvalue weighted by atomic mass is 32.1. The Hall–Kier alpha value is -0.960. The molecule has 0 unspecified atom stereocenters. The third kappa shape index (κ3) is 3.63. The monoisotopic (exact) mass is 306 g/mol. The van der Waals surface area contributed by atoms with E-state index in [9.17, 15) is 0 Å². The van der Waals surface area contributed by atoms with E-state index in [4.69, 9.17) is 4.98 Å². The minimum absolute atomic E-state index is 0.100. The van der Waals surface area contributed by atoms with E-state index in [1.807, 2.05) is 20.0 Å². The Kier molecular flexibility index (Phi) is 5.92. The molecule has 0 saturated carbocycles. The lowest BCUT2D eigenvalue weighted by molar-refractivity contribution is 0.575. The van der Waals surface area contributed by atoms with E-state index < -0.39 is 0 Å². The van der Waals surface area contributed by atoms with Crippen LogP contribution in [0.2, 0.25) is 0 Å². The van der Waals surface area contributed by atoms with Crippen LogP contribution in [0.25, 0.3) is 10.1 Å². The highest BCUT2D eigenvalue weighted by Gasteiger charge is 2.26. The molecular formula is C18H30N2S. The lowest BCUT2D eigenvalue weighted by atomic mass is 9.81. The first-order chi connectivity index (χ1) is 9.73. The van der Waals surface area contributed by atoms with Gasteiger partial charge in [-0.2, -0.15) is 4.37 Å². The molecule has 0 aliphatic rings. The summed E-state index contributed by atoms with van der Waals surface area (Å²) in [5.74, 6) is 0.880. The second-order valence-corrected chi connectivity index (χ2v) is 7.69. The van der Waals surface area contributed by atoms with Crippen molar-refractivity contribution in [3.63, 3.8) is 0 Å². The van der Waals surface area contributed by atoms with Crippen LogP contribution in [0.15, 0.2) is 6.20 Å². The Morgan fingerprint density at radius 3 is 1.90 bits per heavy atom. The third-order valence-electron chi connectivity index (χ3n) is 3.41. The first-order valence-corrected chi connectivity index (χ1v) is 8.79. The van der Waals surface area contributed by atoms with Gasteiger partial charge in [0.1, 0.15) is 0 Å². The molecule has 0 atom stereocenters. The van der Waals surface area contributed by atoms with Crippen LogP contribution >= 0.6 is 11.5 Å². The largest absolute Gasteiger partial charge is 0.255 e. The van der Waals surface area contributed by atoms with Gasteiger partial charge in [0, 0.05) is 17.3 Å². The molecular weight excluding hydrogens is 276 g/mol. The Bertz CT molecular complexity index is 589. The van der Waals surface area contributed by atoms with E-state index in [2.05, 4.69) is 52.8 Å². The van der Waals surface area contributed by atoms with Gasteiger partial charge in [0.15, 0.2) is 0 Å². The van der Waals surface area contributed by atoms with E-state index >= 15 is 0 Å². The van der Waals surface area contributed by atoms with Gasteiger partial charge in [0.2, 0.25) is 0 Å². The first kappa shape index (κ1) is 18.1. The van der Waals surface area contributed by atoms with Gasteiger partial charge in [-0.25, -0.2) is 0 Å². The van der Waals surface area contributed by atoms with Crippen LogP contribution in [-0.4, -0.2) is 9.36 Å². The number of rotatable bonds is 2. The van der Waals surface area contributed by atoms with Crippen LogP contribution < -0.4 is 0 Å². The summed E-state index contributed by atoms with van der Waals surface area (Å²) in [7, 11) is 0. The van der Waals surface area contributed by atoms with Gasteiger partial charge in [-0.15, -0.1) is 0 Å². The summed E-state index contributed by atoms with van der Waals surface area (Å²) in [6, 6.07) is 0. The predicted octanol–water partition coefficient (Wildman–Crippen LogP) is 6.26. The van der Waals surface area contributed by atoms with Crippen molar-refractivity contribution in [1.82, 2.24) is 9.36 Å². The molecule has 0 amide bonds. The second-order valence-electron chi connectivity index (χ2n) is 6.89. The average Bonchev–Trinajstić information content (AvgIpc) is 2.85. The molecule has 0 bridgehead atoms. The highest BCUT2D eigenvalue weighted by molar-refractivity contribution is 7.13. The van der Waals surface area contributed by atoms with Gasteiger partial charge in [0.05, 0.1) is 10.4 Å². The summed E-state index contributed by atoms with van der Waals surface area (Å²) < 4.78 is 5.69. The molecule has 21 heavy (non-hydrogen) atoms. The zero-order valence-corrected chi connectivity index (χ0v) is 15.9. The number of fused-ring (bicyclic) bond motifs is 1. The van der Waals surface area contributed by atoms with Crippen molar-refractivity contribution in [2.75, 3.05) is 0 Å². The van der Waals surface area contributed by atoms with Crippen molar-refractivity contribution in [2.24, 2.45) is 0 Å². The maximum Gasteiger partial charge on any atom is 0.0771 e. The molecule has 0 spiro atoms. The first-order valence-electron chi connectivity index (χ1n) is 8.02. The SMILES string of the molecule is CC.CC(C)c1nc(C(C)C)c2sncc2c1C(C)(C)C. The predicted molar refractivity (Wildman–Crippen MR) is 95.6 cm³/mol. The quantitative estimate of drug-likeness (QED) is 0.654. The topological polar surface area (TPSA) is 25.8 Å². The fraction of sp³-hybridized carbons (Fsp3) is 0.667. The second kappa shape index (κ2) is 6.87. The van der Waals surface area contributed by atoms with E-state index in [-0.39, 0.29) is 5.41 Å². The van der Waals surface area contributed by atoms with Crippen molar-refractivity contribution < 1.29 is 0 Å². The van der Waals surface area contributed by atoms with E-state index in [0.29, 0.717) is 11.8 Å². The molecule has 0 fully saturated rings. The molecule has 2 heterocycles. The number of nitrogens with zero attached hydrogens (tertiary/aromatic N) is 2. The number of hydrogen-bond acceptors (Lipinski definition) is 3. The fourth-order valence-corrected chi connectivity index (χ4v) is 3.47. The third-order valence-corrected chi connectivity index (χ3v) is 4.24.